The fourth-order valence-corrected chi connectivity index (χ4v) is 1.90. The molecule has 0 spiro atoms. The Balaban J connectivity index is 2.50. The number of carbonyl (C=O) groups is 1. The Morgan fingerprint density at radius 1 is 1.50 bits per heavy atom. The molecule has 0 amide bonds. The molecule has 0 fully saturated rings. The van der Waals surface area contributed by atoms with Crippen LogP contribution in [0.15, 0.2) is 0 Å². The maximum absolute atomic E-state index is 11.0. The van der Waals surface area contributed by atoms with Gasteiger partial charge in [0.2, 0.25) is 0 Å². The molecular weight excluding hydrogens is 182 g/mol. The number of aromatic carboxylic acids is 1. The second-order valence-corrected chi connectivity index (χ2v) is 3.69. The predicted octanol–water partition coefficient (Wildman–Crippen LogP) is 0.106. The van der Waals surface area contributed by atoms with Gasteiger partial charge in [0.15, 0.2) is 5.69 Å². The van der Waals surface area contributed by atoms with Crippen molar-refractivity contribution >= 4 is 5.97 Å². The molecule has 0 saturated carbocycles. The summed E-state index contributed by atoms with van der Waals surface area (Å²) in [6.07, 6.45) is 0.840. The lowest BCUT2D eigenvalue weighted by atomic mass is 10.1. The number of nitrogens with zero attached hydrogens (tertiary/aromatic N) is 3. The van der Waals surface area contributed by atoms with Gasteiger partial charge in [0.05, 0.1) is 5.69 Å². The highest BCUT2D eigenvalue weighted by molar-refractivity contribution is 5.87. The van der Waals surface area contributed by atoms with Crippen LogP contribution in [0.2, 0.25) is 0 Å². The van der Waals surface area contributed by atoms with Crippen LogP contribution in [0, 0.1) is 0 Å². The van der Waals surface area contributed by atoms with Crippen molar-refractivity contribution in [2.45, 2.75) is 13.0 Å². The third-order valence-electron chi connectivity index (χ3n) is 2.59. The first-order valence-corrected chi connectivity index (χ1v) is 4.56. The maximum atomic E-state index is 11.0. The van der Waals surface area contributed by atoms with Gasteiger partial charge >= 0.3 is 5.97 Å². The first-order valence-electron chi connectivity index (χ1n) is 4.56. The number of fused-ring (bicyclic) bond motifs is 1. The highest BCUT2D eigenvalue weighted by Gasteiger charge is 2.25. The van der Waals surface area contributed by atoms with Crippen LogP contribution in [0.4, 0.5) is 0 Å². The molecule has 0 radical (unpaired) electrons. The van der Waals surface area contributed by atoms with Crippen LogP contribution < -0.4 is 0 Å². The molecule has 0 aromatic carbocycles. The number of aromatic nitrogens is 2. The predicted molar refractivity (Wildman–Crippen MR) is 50.2 cm³/mol. The Morgan fingerprint density at radius 2 is 2.21 bits per heavy atom. The average molecular weight is 195 g/mol. The van der Waals surface area contributed by atoms with Gasteiger partial charge in [-0.25, -0.2) is 4.79 Å². The molecule has 0 bridgehead atoms. The van der Waals surface area contributed by atoms with E-state index in [1.807, 2.05) is 7.05 Å². The summed E-state index contributed by atoms with van der Waals surface area (Å²) in [6.45, 7) is 1.63. The van der Waals surface area contributed by atoms with Crippen molar-refractivity contribution in [3.8, 4) is 0 Å². The zero-order valence-electron chi connectivity index (χ0n) is 8.32. The van der Waals surface area contributed by atoms with Crippen LogP contribution in [0.5, 0.6) is 0 Å². The van der Waals surface area contributed by atoms with E-state index >= 15 is 0 Å². The number of hydrogen-bond acceptors (Lipinski definition) is 3. The van der Waals surface area contributed by atoms with E-state index < -0.39 is 5.97 Å². The standard InChI is InChI=1S/C9H13N3O2/c1-11-4-3-7-6(5-11)8(9(13)14)12(2)10-7/h3-5H2,1-2H3,(H,13,14). The SMILES string of the molecule is CN1CCc2nn(C)c(C(=O)O)c2C1. The van der Waals surface area contributed by atoms with E-state index in [1.165, 1.54) is 4.68 Å². The highest BCUT2D eigenvalue weighted by atomic mass is 16.4. The smallest absolute Gasteiger partial charge is 0.354 e. The van der Waals surface area contributed by atoms with E-state index in [9.17, 15) is 4.79 Å². The molecule has 1 aliphatic heterocycles. The third-order valence-corrected chi connectivity index (χ3v) is 2.59. The molecule has 0 aliphatic carbocycles. The molecule has 76 valence electrons. The van der Waals surface area contributed by atoms with Crippen molar-refractivity contribution in [2.24, 2.45) is 7.05 Å². The second-order valence-electron chi connectivity index (χ2n) is 3.69. The van der Waals surface area contributed by atoms with Gasteiger partial charge < -0.3 is 10.0 Å². The highest BCUT2D eigenvalue weighted by Crippen LogP contribution is 2.20. The number of aryl methyl sites for hydroxylation is 1. The van der Waals surface area contributed by atoms with Gasteiger partial charge in [0, 0.05) is 32.1 Å². The normalized spacial score (nSPS) is 16.7. The van der Waals surface area contributed by atoms with E-state index in [0.717, 1.165) is 24.2 Å². The number of carboxylic acid groups (broad SMARTS) is 1. The number of hydrogen-bond donors (Lipinski definition) is 1. The summed E-state index contributed by atoms with van der Waals surface area (Å²) in [5, 5.41) is 13.2. The van der Waals surface area contributed by atoms with E-state index in [0.29, 0.717) is 12.2 Å². The Bertz CT molecular complexity index is 384. The van der Waals surface area contributed by atoms with E-state index in [-0.39, 0.29) is 0 Å². The van der Waals surface area contributed by atoms with E-state index in [4.69, 9.17) is 5.11 Å². The molecule has 1 aromatic rings. The summed E-state index contributed by atoms with van der Waals surface area (Å²) in [5.74, 6) is -0.892. The summed E-state index contributed by atoms with van der Waals surface area (Å²) in [7, 11) is 3.67. The molecule has 5 nitrogen and oxygen atoms in total. The van der Waals surface area contributed by atoms with Crippen LogP contribution in [-0.4, -0.2) is 39.3 Å². The van der Waals surface area contributed by atoms with Crippen LogP contribution >= 0.6 is 0 Å². The summed E-state index contributed by atoms with van der Waals surface area (Å²) in [4.78, 5) is 13.1. The van der Waals surface area contributed by atoms with Crippen molar-refractivity contribution in [3.05, 3.63) is 17.0 Å². The summed E-state index contributed by atoms with van der Waals surface area (Å²) in [5.41, 5.74) is 2.13. The van der Waals surface area contributed by atoms with Gasteiger partial charge in [-0.1, -0.05) is 0 Å². The zero-order chi connectivity index (χ0) is 10.3. The third kappa shape index (κ3) is 1.29. The Hall–Kier alpha value is -1.36. The van der Waals surface area contributed by atoms with Crippen LogP contribution in [-0.2, 0) is 20.0 Å². The van der Waals surface area contributed by atoms with Gasteiger partial charge in [0.1, 0.15) is 0 Å². The summed E-state index contributed by atoms with van der Waals surface area (Å²) < 4.78 is 1.46. The Labute approximate surface area is 81.9 Å². The molecule has 1 aromatic heterocycles. The quantitative estimate of drug-likeness (QED) is 0.690. The lowest BCUT2D eigenvalue weighted by Crippen LogP contribution is -2.27. The number of rotatable bonds is 1. The zero-order valence-corrected chi connectivity index (χ0v) is 8.32. The fraction of sp³-hybridized carbons (Fsp3) is 0.556. The van der Waals surface area contributed by atoms with Crippen LogP contribution in [0.1, 0.15) is 21.7 Å². The van der Waals surface area contributed by atoms with Gasteiger partial charge in [-0.2, -0.15) is 5.10 Å². The largest absolute Gasteiger partial charge is 0.477 e. The first kappa shape index (κ1) is 9.21. The minimum atomic E-state index is -0.892. The van der Waals surface area contributed by atoms with Gasteiger partial charge in [-0.15, -0.1) is 0 Å². The molecule has 14 heavy (non-hydrogen) atoms. The minimum Gasteiger partial charge on any atom is -0.477 e. The van der Waals surface area contributed by atoms with Crippen molar-refractivity contribution in [1.29, 1.82) is 0 Å². The van der Waals surface area contributed by atoms with Crippen molar-refractivity contribution < 1.29 is 9.90 Å². The number of carboxylic acids is 1. The maximum Gasteiger partial charge on any atom is 0.354 e. The lowest BCUT2D eigenvalue weighted by molar-refractivity contribution is 0.0682. The topological polar surface area (TPSA) is 58.4 Å². The molecule has 1 aliphatic rings. The average Bonchev–Trinajstić information content (AvgIpc) is 2.40. The molecule has 2 rings (SSSR count). The molecular formula is C9H13N3O2. The molecule has 5 heteroatoms. The summed E-state index contributed by atoms with van der Waals surface area (Å²) >= 11 is 0. The Morgan fingerprint density at radius 3 is 2.86 bits per heavy atom. The lowest BCUT2D eigenvalue weighted by Gasteiger charge is -2.21. The van der Waals surface area contributed by atoms with Crippen molar-refractivity contribution in [1.82, 2.24) is 14.7 Å². The van der Waals surface area contributed by atoms with Crippen molar-refractivity contribution in [3.63, 3.8) is 0 Å². The van der Waals surface area contributed by atoms with Crippen molar-refractivity contribution in [2.75, 3.05) is 13.6 Å². The fourth-order valence-electron chi connectivity index (χ4n) is 1.90. The molecule has 1 N–H and O–H groups in total. The minimum absolute atomic E-state index is 0.326. The molecule has 2 heterocycles. The molecule has 0 unspecified atom stereocenters. The van der Waals surface area contributed by atoms with Crippen LogP contribution in [0.25, 0.3) is 0 Å². The van der Waals surface area contributed by atoms with E-state index in [1.54, 1.807) is 7.05 Å². The van der Waals surface area contributed by atoms with E-state index in [2.05, 4.69) is 10.00 Å². The monoisotopic (exact) mass is 195 g/mol. The second kappa shape index (κ2) is 3.09. The molecule has 0 saturated heterocycles. The van der Waals surface area contributed by atoms with Gasteiger partial charge in [-0.3, -0.25) is 4.68 Å². The molecule has 0 atom stereocenters. The summed E-state index contributed by atoms with van der Waals surface area (Å²) in [6, 6.07) is 0. The first-order chi connectivity index (χ1) is 6.59. The Kier molecular flexibility index (Phi) is 2.03. The van der Waals surface area contributed by atoms with Gasteiger partial charge in [0.25, 0.3) is 0 Å². The van der Waals surface area contributed by atoms with Gasteiger partial charge in [-0.05, 0) is 7.05 Å². The number of likely N-dealkylation sites (N-methyl/N-ethyl adjacent to an activating group) is 1. The van der Waals surface area contributed by atoms with Crippen LogP contribution in [0.3, 0.4) is 0 Å².